The van der Waals surface area contributed by atoms with Gasteiger partial charge in [0.05, 0.1) is 11.3 Å². The first-order valence-corrected chi connectivity index (χ1v) is 5.72. The summed E-state index contributed by atoms with van der Waals surface area (Å²) in [5.41, 5.74) is 4.66. The molecule has 2 heteroatoms. The maximum absolute atomic E-state index is 9.23. The molecule has 0 radical (unpaired) electrons. The Morgan fingerprint density at radius 1 is 1.31 bits per heavy atom. The zero-order valence-electron chi connectivity index (χ0n) is 10.5. The van der Waals surface area contributed by atoms with Gasteiger partial charge in [-0.05, 0) is 29.0 Å². The minimum absolute atomic E-state index is 0.113. The van der Waals surface area contributed by atoms with Crippen molar-refractivity contribution in [2.75, 3.05) is 18.5 Å². The van der Waals surface area contributed by atoms with Crippen molar-refractivity contribution in [3.63, 3.8) is 0 Å². The summed E-state index contributed by atoms with van der Waals surface area (Å²) >= 11 is 0. The number of benzene rings is 1. The minimum Gasteiger partial charge on any atom is -0.373 e. The molecule has 0 N–H and O–H groups in total. The molecule has 84 valence electrons. The number of nitrogens with zero attached hydrogens (tertiary/aromatic N) is 2. The fraction of sp³-hybridized carbons (Fsp3) is 0.500. The quantitative estimate of drug-likeness (QED) is 0.664. The van der Waals surface area contributed by atoms with E-state index in [0.717, 1.165) is 24.2 Å². The lowest BCUT2D eigenvalue weighted by Crippen LogP contribution is -2.15. The highest BCUT2D eigenvalue weighted by molar-refractivity contribution is 5.68. The Bertz CT molecular complexity index is 461. The van der Waals surface area contributed by atoms with Crippen LogP contribution in [-0.4, -0.2) is 13.6 Å². The Morgan fingerprint density at radius 3 is 2.56 bits per heavy atom. The minimum atomic E-state index is 0.113. The molecule has 0 aliphatic carbocycles. The largest absolute Gasteiger partial charge is 0.373 e. The van der Waals surface area contributed by atoms with Gasteiger partial charge < -0.3 is 4.90 Å². The van der Waals surface area contributed by atoms with Crippen LogP contribution in [0.3, 0.4) is 0 Å². The number of anilines is 1. The van der Waals surface area contributed by atoms with Crippen molar-refractivity contribution in [2.45, 2.75) is 32.6 Å². The summed E-state index contributed by atoms with van der Waals surface area (Å²) in [5, 5.41) is 9.23. The summed E-state index contributed by atoms with van der Waals surface area (Å²) in [5.74, 6) is 0. The summed E-state index contributed by atoms with van der Waals surface area (Å²) in [6.45, 7) is 7.59. The van der Waals surface area contributed by atoms with Crippen LogP contribution in [0.2, 0.25) is 0 Å². The van der Waals surface area contributed by atoms with E-state index in [2.05, 4.69) is 44.9 Å². The summed E-state index contributed by atoms with van der Waals surface area (Å²) in [6, 6.07) is 6.63. The van der Waals surface area contributed by atoms with E-state index in [1.807, 2.05) is 6.07 Å². The Balaban J connectivity index is 2.62. The third-order valence-corrected chi connectivity index (χ3v) is 3.27. The molecular weight excluding hydrogens is 196 g/mol. The number of rotatable bonds is 0. The lowest BCUT2D eigenvalue weighted by Gasteiger charge is -2.22. The lowest BCUT2D eigenvalue weighted by atomic mass is 9.84. The van der Waals surface area contributed by atoms with Crippen molar-refractivity contribution in [1.82, 2.24) is 0 Å². The van der Waals surface area contributed by atoms with E-state index in [1.54, 1.807) is 0 Å². The van der Waals surface area contributed by atoms with Crippen LogP contribution in [0, 0.1) is 11.3 Å². The van der Waals surface area contributed by atoms with Crippen LogP contribution in [0.1, 0.15) is 37.5 Å². The van der Waals surface area contributed by atoms with Gasteiger partial charge in [0.15, 0.2) is 0 Å². The molecule has 0 saturated carbocycles. The van der Waals surface area contributed by atoms with E-state index < -0.39 is 0 Å². The molecule has 2 nitrogen and oxygen atoms in total. The molecule has 0 bridgehead atoms. The Labute approximate surface area is 97.5 Å². The topological polar surface area (TPSA) is 27.0 Å². The van der Waals surface area contributed by atoms with Crippen molar-refractivity contribution in [3.8, 4) is 6.07 Å². The molecule has 1 aromatic rings. The lowest BCUT2D eigenvalue weighted by molar-refractivity contribution is 0.589. The zero-order chi connectivity index (χ0) is 11.9. The summed E-state index contributed by atoms with van der Waals surface area (Å²) in [4.78, 5) is 2.18. The molecule has 1 aromatic carbocycles. The standard InChI is InChI=1S/C14H18N2/c1-14(2,3)12-7-10-5-6-16(4)13(10)11(8-12)9-15/h7-8H,5-6H2,1-4H3. The number of hydrogen-bond acceptors (Lipinski definition) is 2. The van der Waals surface area contributed by atoms with E-state index in [4.69, 9.17) is 0 Å². The normalized spacial score (nSPS) is 14.8. The van der Waals surface area contributed by atoms with Gasteiger partial charge in [-0.2, -0.15) is 5.26 Å². The first kappa shape index (κ1) is 11.0. The molecule has 1 heterocycles. The molecule has 1 aliphatic rings. The highest BCUT2D eigenvalue weighted by Crippen LogP contribution is 2.35. The zero-order valence-corrected chi connectivity index (χ0v) is 10.5. The number of likely N-dealkylation sites (N-methyl/N-ethyl adjacent to an activating group) is 1. The third-order valence-electron chi connectivity index (χ3n) is 3.27. The van der Waals surface area contributed by atoms with E-state index in [9.17, 15) is 5.26 Å². The van der Waals surface area contributed by atoms with Crippen molar-refractivity contribution < 1.29 is 0 Å². The molecule has 16 heavy (non-hydrogen) atoms. The molecule has 0 aromatic heterocycles. The molecule has 0 fully saturated rings. The van der Waals surface area contributed by atoms with Crippen LogP contribution in [-0.2, 0) is 11.8 Å². The maximum Gasteiger partial charge on any atom is 0.101 e. The van der Waals surface area contributed by atoms with Crippen LogP contribution in [0.15, 0.2) is 12.1 Å². The second kappa shape index (κ2) is 3.52. The average Bonchev–Trinajstić information content (AvgIpc) is 2.58. The molecule has 0 unspecified atom stereocenters. The highest BCUT2D eigenvalue weighted by atomic mass is 15.1. The smallest absolute Gasteiger partial charge is 0.101 e. The van der Waals surface area contributed by atoms with Gasteiger partial charge >= 0.3 is 0 Å². The van der Waals surface area contributed by atoms with E-state index in [1.165, 1.54) is 11.1 Å². The van der Waals surface area contributed by atoms with Gasteiger partial charge in [-0.25, -0.2) is 0 Å². The van der Waals surface area contributed by atoms with Gasteiger partial charge in [-0.15, -0.1) is 0 Å². The molecule has 0 amide bonds. The van der Waals surface area contributed by atoms with Crippen molar-refractivity contribution in [1.29, 1.82) is 5.26 Å². The highest BCUT2D eigenvalue weighted by Gasteiger charge is 2.23. The Hall–Kier alpha value is -1.49. The van der Waals surface area contributed by atoms with Crippen LogP contribution in [0.4, 0.5) is 5.69 Å². The van der Waals surface area contributed by atoms with Crippen LogP contribution in [0.25, 0.3) is 0 Å². The number of nitriles is 1. The first-order valence-electron chi connectivity index (χ1n) is 5.72. The summed E-state index contributed by atoms with van der Waals surface area (Å²) in [6.07, 6.45) is 1.06. The van der Waals surface area contributed by atoms with Gasteiger partial charge in [0.25, 0.3) is 0 Å². The summed E-state index contributed by atoms with van der Waals surface area (Å²) in [7, 11) is 2.06. The SMILES string of the molecule is CN1CCc2cc(C(C)(C)C)cc(C#N)c21. The predicted octanol–water partition coefficient (Wildman–Crippen LogP) is 2.85. The predicted molar refractivity (Wildman–Crippen MR) is 66.8 cm³/mol. The third kappa shape index (κ3) is 1.67. The molecular formula is C14H18N2. The fourth-order valence-corrected chi connectivity index (χ4v) is 2.25. The fourth-order valence-electron chi connectivity index (χ4n) is 2.25. The molecule has 1 aliphatic heterocycles. The maximum atomic E-state index is 9.23. The monoisotopic (exact) mass is 214 g/mol. The van der Waals surface area contributed by atoms with Crippen molar-refractivity contribution in [2.24, 2.45) is 0 Å². The molecule has 0 atom stereocenters. The second-order valence-corrected chi connectivity index (χ2v) is 5.56. The van der Waals surface area contributed by atoms with E-state index in [-0.39, 0.29) is 5.41 Å². The Morgan fingerprint density at radius 2 is 2.00 bits per heavy atom. The Kier molecular flexibility index (Phi) is 2.42. The van der Waals surface area contributed by atoms with Gasteiger partial charge in [-0.3, -0.25) is 0 Å². The van der Waals surface area contributed by atoms with Gasteiger partial charge in [-0.1, -0.05) is 26.8 Å². The summed E-state index contributed by atoms with van der Waals surface area (Å²) < 4.78 is 0. The van der Waals surface area contributed by atoms with Crippen LogP contribution < -0.4 is 4.90 Å². The first-order chi connectivity index (χ1) is 7.43. The van der Waals surface area contributed by atoms with Gasteiger partial charge in [0.1, 0.15) is 6.07 Å². The van der Waals surface area contributed by atoms with Crippen LogP contribution >= 0.6 is 0 Å². The van der Waals surface area contributed by atoms with E-state index >= 15 is 0 Å². The van der Waals surface area contributed by atoms with E-state index in [0.29, 0.717) is 0 Å². The molecule has 2 rings (SSSR count). The van der Waals surface area contributed by atoms with Crippen LogP contribution in [0.5, 0.6) is 0 Å². The molecule has 0 saturated heterocycles. The van der Waals surface area contributed by atoms with Gasteiger partial charge in [0.2, 0.25) is 0 Å². The molecule has 0 spiro atoms. The van der Waals surface area contributed by atoms with Crippen molar-refractivity contribution in [3.05, 3.63) is 28.8 Å². The number of fused-ring (bicyclic) bond motifs is 1. The van der Waals surface area contributed by atoms with Crippen molar-refractivity contribution >= 4 is 5.69 Å². The second-order valence-electron chi connectivity index (χ2n) is 5.56. The number of hydrogen-bond donors (Lipinski definition) is 0. The van der Waals surface area contributed by atoms with Gasteiger partial charge in [0, 0.05) is 13.6 Å². The average molecular weight is 214 g/mol.